The molecule has 0 bridgehead atoms. The highest BCUT2D eigenvalue weighted by Gasteiger charge is 2.36. The zero-order chi connectivity index (χ0) is 21.7. The minimum atomic E-state index is -0.462. The molecule has 1 aromatic rings. The van der Waals surface area contributed by atoms with Gasteiger partial charge in [-0.2, -0.15) is 0 Å². The van der Waals surface area contributed by atoms with Crippen molar-refractivity contribution < 1.29 is 18.7 Å². The zero-order valence-electron chi connectivity index (χ0n) is 18.6. The van der Waals surface area contributed by atoms with Crippen LogP contribution in [0.25, 0.3) is 6.08 Å². The van der Waals surface area contributed by atoms with Gasteiger partial charge in [-0.1, -0.05) is 6.92 Å². The number of rotatable bonds is 7. The Balaban J connectivity index is 1.28. The number of amides is 2. The Kier molecular flexibility index (Phi) is 7.23. The van der Waals surface area contributed by atoms with E-state index in [0.717, 1.165) is 37.6 Å². The van der Waals surface area contributed by atoms with Crippen molar-refractivity contribution in [3.8, 4) is 0 Å². The fourth-order valence-corrected chi connectivity index (χ4v) is 3.59. The largest absolute Gasteiger partial charge is 0.461 e. The standard InChI is InChI=1S/C23H35N3O4/c1-17-16-19(17)20-8-6-18(29-20)7-9-21(27)24-10-5-11-25-12-14-26(15-13-25)22(28)30-23(2,3)4/h6-9,17,19H,5,10-16H2,1-4H3,(H,24,27)/b9-7+/t17-,19+/m0/s1. The number of nitrogens with zero attached hydrogens (tertiary/aromatic N) is 2. The maximum atomic E-state index is 12.1. The molecule has 2 atom stereocenters. The van der Waals surface area contributed by atoms with Gasteiger partial charge in [0.1, 0.15) is 17.1 Å². The average Bonchev–Trinajstić information content (AvgIpc) is 3.22. The molecule has 1 aromatic heterocycles. The lowest BCUT2D eigenvalue weighted by atomic mass is 10.2. The van der Waals surface area contributed by atoms with Gasteiger partial charge in [0.2, 0.25) is 5.91 Å². The Morgan fingerprint density at radius 3 is 2.57 bits per heavy atom. The van der Waals surface area contributed by atoms with Crippen molar-refractivity contribution >= 4 is 18.1 Å². The van der Waals surface area contributed by atoms with E-state index in [2.05, 4.69) is 17.1 Å². The van der Waals surface area contributed by atoms with Gasteiger partial charge in [0.15, 0.2) is 0 Å². The Bertz CT molecular complexity index is 757. The normalized spacial score (nSPS) is 22.3. The first-order valence-electron chi connectivity index (χ1n) is 11.0. The summed E-state index contributed by atoms with van der Waals surface area (Å²) in [5.41, 5.74) is -0.462. The number of hydrogen-bond acceptors (Lipinski definition) is 5. The Hall–Kier alpha value is -2.28. The van der Waals surface area contributed by atoms with Crippen LogP contribution < -0.4 is 5.32 Å². The van der Waals surface area contributed by atoms with E-state index in [0.29, 0.717) is 31.5 Å². The van der Waals surface area contributed by atoms with Crippen LogP contribution in [-0.2, 0) is 9.53 Å². The molecule has 0 aromatic carbocycles. The molecular formula is C23H35N3O4. The lowest BCUT2D eigenvalue weighted by molar-refractivity contribution is -0.116. The van der Waals surface area contributed by atoms with Crippen LogP contribution in [-0.4, -0.2) is 66.7 Å². The topological polar surface area (TPSA) is 75.0 Å². The highest BCUT2D eigenvalue weighted by Crippen LogP contribution is 2.47. The summed E-state index contributed by atoms with van der Waals surface area (Å²) in [4.78, 5) is 28.2. The summed E-state index contributed by atoms with van der Waals surface area (Å²) in [5.74, 6) is 2.89. The predicted molar refractivity (Wildman–Crippen MR) is 116 cm³/mol. The summed E-state index contributed by atoms with van der Waals surface area (Å²) in [6.07, 6.45) is 5.07. The summed E-state index contributed by atoms with van der Waals surface area (Å²) in [6, 6.07) is 3.93. The number of carbonyl (C=O) groups excluding carboxylic acids is 2. The molecule has 1 aliphatic heterocycles. The minimum Gasteiger partial charge on any atom is -0.461 e. The molecule has 0 radical (unpaired) electrons. The van der Waals surface area contributed by atoms with Crippen LogP contribution in [0.2, 0.25) is 0 Å². The van der Waals surface area contributed by atoms with E-state index in [4.69, 9.17) is 9.15 Å². The van der Waals surface area contributed by atoms with Crippen molar-refractivity contribution in [2.24, 2.45) is 5.92 Å². The van der Waals surface area contributed by atoms with E-state index < -0.39 is 5.60 Å². The maximum Gasteiger partial charge on any atom is 0.410 e. The van der Waals surface area contributed by atoms with Gasteiger partial charge in [0, 0.05) is 44.7 Å². The number of hydrogen-bond donors (Lipinski definition) is 1. The van der Waals surface area contributed by atoms with E-state index in [1.807, 2.05) is 32.9 Å². The molecule has 1 saturated carbocycles. The number of piperazine rings is 1. The number of furan rings is 1. The molecule has 0 unspecified atom stereocenters. The predicted octanol–water partition coefficient (Wildman–Crippen LogP) is 3.48. The minimum absolute atomic E-state index is 0.109. The highest BCUT2D eigenvalue weighted by molar-refractivity contribution is 5.91. The molecule has 1 saturated heterocycles. The van der Waals surface area contributed by atoms with Crippen molar-refractivity contribution in [2.45, 2.75) is 52.1 Å². The van der Waals surface area contributed by atoms with E-state index in [9.17, 15) is 9.59 Å². The van der Waals surface area contributed by atoms with Crippen LogP contribution in [0.1, 0.15) is 58.0 Å². The summed E-state index contributed by atoms with van der Waals surface area (Å²) in [7, 11) is 0. The first-order chi connectivity index (χ1) is 14.2. The number of nitrogens with one attached hydrogen (secondary N) is 1. The Morgan fingerprint density at radius 1 is 1.23 bits per heavy atom. The first-order valence-corrected chi connectivity index (χ1v) is 11.0. The van der Waals surface area contributed by atoms with Gasteiger partial charge in [-0.05, 0) is 64.3 Å². The molecule has 2 heterocycles. The molecule has 0 spiro atoms. The summed E-state index contributed by atoms with van der Waals surface area (Å²) < 4.78 is 11.2. The van der Waals surface area contributed by atoms with E-state index in [1.54, 1.807) is 11.0 Å². The quantitative estimate of drug-likeness (QED) is 0.543. The van der Waals surface area contributed by atoms with Crippen molar-refractivity contribution in [3.63, 3.8) is 0 Å². The second kappa shape index (κ2) is 9.69. The molecule has 2 aliphatic rings. The molecule has 7 heteroatoms. The van der Waals surface area contributed by atoms with Crippen LogP contribution in [0.15, 0.2) is 22.6 Å². The maximum absolute atomic E-state index is 12.1. The van der Waals surface area contributed by atoms with Crippen LogP contribution in [0, 0.1) is 5.92 Å². The molecule has 1 N–H and O–H groups in total. The van der Waals surface area contributed by atoms with Gasteiger partial charge in [-0.3, -0.25) is 9.69 Å². The average molecular weight is 418 g/mol. The molecule has 2 fully saturated rings. The molecule has 3 rings (SSSR count). The molecule has 30 heavy (non-hydrogen) atoms. The smallest absolute Gasteiger partial charge is 0.410 e. The lowest BCUT2D eigenvalue weighted by Crippen LogP contribution is -2.50. The van der Waals surface area contributed by atoms with E-state index >= 15 is 0 Å². The van der Waals surface area contributed by atoms with Gasteiger partial charge in [0.25, 0.3) is 0 Å². The third-order valence-corrected chi connectivity index (χ3v) is 5.50. The molecule has 2 amide bonds. The van der Waals surface area contributed by atoms with Gasteiger partial charge >= 0.3 is 6.09 Å². The fourth-order valence-electron chi connectivity index (χ4n) is 3.59. The second-order valence-electron chi connectivity index (χ2n) is 9.35. The van der Waals surface area contributed by atoms with Crippen molar-refractivity contribution in [3.05, 3.63) is 29.7 Å². The monoisotopic (exact) mass is 417 g/mol. The lowest BCUT2D eigenvalue weighted by Gasteiger charge is -2.35. The van der Waals surface area contributed by atoms with Crippen LogP contribution in [0.4, 0.5) is 4.79 Å². The summed E-state index contributed by atoms with van der Waals surface area (Å²) in [5, 5.41) is 2.92. The second-order valence-corrected chi connectivity index (χ2v) is 9.35. The number of ether oxygens (including phenoxy) is 1. The van der Waals surface area contributed by atoms with Crippen LogP contribution in [0.3, 0.4) is 0 Å². The number of carbonyl (C=O) groups is 2. The van der Waals surface area contributed by atoms with Gasteiger partial charge in [0.05, 0.1) is 0 Å². The summed E-state index contributed by atoms with van der Waals surface area (Å²) in [6.45, 7) is 12.4. The van der Waals surface area contributed by atoms with Crippen LogP contribution >= 0.6 is 0 Å². The SMILES string of the molecule is C[C@H]1C[C@H]1c1ccc(/C=C/C(=O)NCCCN2CCN(C(=O)OC(C)(C)C)CC2)o1. The van der Waals surface area contributed by atoms with E-state index in [1.165, 1.54) is 12.5 Å². The van der Waals surface area contributed by atoms with Gasteiger partial charge in [-0.15, -0.1) is 0 Å². The zero-order valence-corrected chi connectivity index (χ0v) is 18.6. The van der Waals surface area contributed by atoms with Gasteiger partial charge < -0.3 is 19.4 Å². The van der Waals surface area contributed by atoms with E-state index in [-0.39, 0.29) is 12.0 Å². The van der Waals surface area contributed by atoms with Crippen LogP contribution in [0.5, 0.6) is 0 Å². The Labute approximate surface area is 179 Å². The van der Waals surface area contributed by atoms with Crippen molar-refractivity contribution in [1.29, 1.82) is 0 Å². The van der Waals surface area contributed by atoms with Gasteiger partial charge in [-0.25, -0.2) is 4.79 Å². The summed E-state index contributed by atoms with van der Waals surface area (Å²) >= 11 is 0. The molecule has 166 valence electrons. The fraction of sp³-hybridized carbons (Fsp3) is 0.652. The third-order valence-electron chi connectivity index (χ3n) is 5.50. The van der Waals surface area contributed by atoms with Crippen molar-refractivity contribution in [1.82, 2.24) is 15.1 Å². The van der Waals surface area contributed by atoms with Crippen molar-refractivity contribution in [2.75, 3.05) is 39.3 Å². The molecular weight excluding hydrogens is 382 g/mol. The third kappa shape index (κ3) is 6.90. The molecule has 7 nitrogen and oxygen atoms in total. The Morgan fingerprint density at radius 2 is 1.93 bits per heavy atom. The first kappa shape index (κ1) is 22.4. The molecule has 1 aliphatic carbocycles. The highest BCUT2D eigenvalue weighted by atomic mass is 16.6.